The summed E-state index contributed by atoms with van der Waals surface area (Å²) in [6.07, 6.45) is 1.66. The third-order valence-electron chi connectivity index (χ3n) is 3.44. The van der Waals surface area contributed by atoms with Gasteiger partial charge in [-0.3, -0.25) is 0 Å². The fourth-order valence-corrected chi connectivity index (χ4v) is 2.42. The van der Waals surface area contributed by atoms with E-state index in [0.29, 0.717) is 19.1 Å². The molecule has 3 N–H and O–H groups in total. The molecule has 1 heterocycles. The van der Waals surface area contributed by atoms with Crippen LogP contribution >= 0.6 is 0 Å². The van der Waals surface area contributed by atoms with Crippen LogP contribution in [0.5, 0.6) is 0 Å². The van der Waals surface area contributed by atoms with Gasteiger partial charge in [0.2, 0.25) is 0 Å². The molecule has 1 fully saturated rings. The van der Waals surface area contributed by atoms with Crippen molar-refractivity contribution in [3.05, 3.63) is 0 Å². The van der Waals surface area contributed by atoms with E-state index in [-0.39, 0.29) is 5.41 Å². The molecule has 0 aromatic carbocycles. The lowest BCUT2D eigenvalue weighted by Crippen LogP contribution is -2.52. The van der Waals surface area contributed by atoms with Crippen LogP contribution in [-0.2, 0) is 4.74 Å². The molecule has 0 spiro atoms. The van der Waals surface area contributed by atoms with Crippen LogP contribution in [-0.4, -0.2) is 30.5 Å². The first kappa shape index (κ1) is 12.0. The van der Waals surface area contributed by atoms with Crippen LogP contribution in [0, 0.1) is 11.3 Å². The Bertz CT molecular complexity index is 184. The Morgan fingerprint density at radius 3 is 2.57 bits per heavy atom. The van der Waals surface area contributed by atoms with Gasteiger partial charge in [-0.25, -0.2) is 0 Å². The molecule has 2 unspecified atom stereocenters. The molecule has 0 bridgehead atoms. The molecule has 1 saturated heterocycles. The Morgan fingerprint density at radius 2 is 2.21 bits per heavy atom. The Hall–Kier alpha value is -0.120. The predicted octanol–water partition coefficient (Wildman–Crippen LogP) is 1.15. The average molecular weight is 201 g/mol. The average Bonchev–Trinajstić information content (AvgIpc) is 2.50. The van der Waals surface area contributed by atoms with Gasteiger partial charge in [0.1, 0.15) is 0 Å². The van der Waals surface area contributed by atoms with Gasteiger partial charge in [0.25, 0.3) is 0 Å². The molecule has 0 radical (unpaired) electrons. The fraction of sp³-hybridized carbons (Fsp3) is 1.00. The second kappa shape index (κ2) is 4.17. The van der Waals surface area contributed by atoms with Crippen LogP contribution in [0.15, 0.2) is 0 Å². The summed E-state index contributed by atoms with van der Waals surface area (Å²) in [6, 6.07) is 0. The van der Waals surface area contributed by atoms with Gasteiger partial charge in [-0.2, -0.15) is 0 Å². The lowest BCUT2D eigenvalue weighted by molar-refractivity contribution is -0.0817. The Kier molecular flexibility index (Phi) is 3.56. The van der Waals surface area contributed by atoms with Crippen molar-refractivity contribution in [1.29, 1.82) is 0 Å². The summed E-state index contributed by atoms with van der Waals surface area (Å²) >= 11 is 0. The second-order valence-electron chi connectivity index (χ2n) is 5.16. The van der Waals surface area contributed by atoms with Crippen LogP contribution in [0.1, 0.15) is 33.6 Å². The van der Waals surface area contributed by atoms with Crippen molar-refractivity contribution in [2.24, 2.45) is 17.1 Å². The fourth-order valence-electron chi connectivity index (χ4n) is 2.42. The molecule has 1 rings (SSSR count). The van der Waals surface area contributed by atoms with E-state index in [2.05, 4.69) is 13.8 Å². The van der Waals surface area contributed by atoms with Crippen molar-refractivity contribution in [2.45, 2.75) is 39.2 Å². The van der Waals surface area contributed by atoms with Gasteiger partial charge in [0.15, 0.2) is 0 Å². The zero-order valence-corrected chi connectivity index (χ0v) is 9.55. The lowest BCUT2D eigenvalue weighted by atomic mass is 9.69. The first-order valence-electron chi connectivity index (χ1n) is 5.44. The van der Waals surface area contributed by atoms with Crippen molar-refractivity contribution in [3.63, 3.8) is 0 Å². The van der Waals surface area contributed by atoms with Gasteiger partial charge >= 0.3 is 0 Å². The summed E-state index contributed by atoms with van der Waals surface area (Å²) in [5.41, 5.74) is 4.86. The van der Waals surface area contributed by atoms with Gasteiger partial charge in [-0.1, -0.05) is 13.8 Å². The van der Waals surface area contributed by atoms with Crippen LogP contribution < -0.4 is 5.73 Å². The van der Waals surface area contributed by atoms with E-state index in [9.17, 15) is 5.11 Å². The van der Waals surface area contributed by atoms with Crippen LogP contribution in [0.3, 0.4) is 0 Å². The Labute approximate surface area is 86.6 Å². The number of hydrogen-bond acceptors (Lipinski definition) is 3. The maximum Gasteiger partial charge on any atom is 0.0713 e. The van der Waals surface area contributed by atoms with Gasteiger partial charge < -0.3 is 15.6 Å². The SMILES string of the molecule is CC(C)CC(C)(O)C1(CN)CCOC1. The topological polar surface area (TPSA) is 55.5 Å². The third kappa shape index (κ3) is 2.10. The molecule has 84 valence electrons. The van der Waals surface area contributed by atoms with Crippen LogP contribution in [0.25, 0.3) is 0 Å². The highest BCUT2D eigenvalue weighted by Crippen LogP contribution is 2.41. The normalized spacial score (nSPS) is 32.1. The summed E-state index contributed by atoms with van der Waals surface area (Å²) in [6.45, 7) is 7.97. The maximum atomic E-state index is 10.5. The molecule has 3 heteroatoms. The second-order valence-corrected chi connectivity index (χ2v) is 5.16. The van der Waals surface area contributed by atoms with Crippen molar-refractivity contribution < 1.29 is 9.84 Å². The number of nitrogens with two attached hydrogens (primary N) is 1. The summed E-state index contributed by atoms with van der Waals surface area (Å²) in [5.74, 6) is 0.481. The van der Waals surface area contributed by atoms with Crippen molar-refractivity contribution in [1.82, 2.24) is 0 Å². The predicted molar refractivity (Wildman–Crippen MR) is 57.0 cm³/mol. The van der Waals surface area contributed by atoms with E-state index in [1.54, 1.807) is 0 Å². The molecule has 0 aliphatic carbocycles. The minimum atomic E-state index is -0.702. The highest BCUT2D eigenvalue weighted by Gasteiger charge is 2.48. The lowest BCUT2D eigenvalue weighted by Gasteiger charge is -2.42. The van der Waals surface area contributed by atoms with Gasteiger partial charge in [0, 0.05) is 18.6 Å². The van der Waals surface area contributed by atoms with Crippen molar-refractivity contribution in [2.75, 3.05) is 19.8 Å². The Morgan fingerprint density at radius 1 is 1.57 bits per heavy atom. The third-order valence-corrected chi connectivity index (χ3v) is 3.44. The molecule has 0 saturated carbocycles. The number of rotatable bonds is 4. The van der Waals surface area contributed by atoms with Crippen LogP contribution in [0.4, 0.5) is 0 Å². The summed E-state index contributed by atoms with van der Waals surface area (Å²) in [7, 11) is 0. The van der Waals surface area contributed by atoms with Gasteiger partial charge in [0.05, 0.1) is 12.2 Å². The maximum absolute atomic E-state index is 10.5. The zero-order valence-electron chi connectivity index (χ0n) is 9.55. The van der Waals surface area contributed by atoms with Crippen molar-refractivity contribution >= 4 is 0 Å². The van der Waals surface area contributed by atoms with Gasteiger partial charge in [-0.15, -0.1) is 0 Å². The summed E-state index contributed by atoms with van der Waals surface area (Å²) < 4.78 is 5.38. The minimum Gasteiger partial charge on any atom is -0.389 e. The molecule has 0 amide bonds. The number of aliphatic hydroxyl groups is 1. The molecule has 2 atom stereocenters. The molecule has 3 nitrogen and oxygen atoms in total. The summed E-state index contributed by atoms with van der Waals surface area (Å²) in [5, 5.41) is 10.5. The highest BCUT2D eigenvalue weighted by atomic mass is 16.5. The standard InChI is InChI=1S/C11H23NO2/c1-9(2)6-10(3,13)11(7-12)4-5-14-8-11/h9,13H,4-8,12H2,1-3H3. The van der Waals surface area contributed by atoms with Gasteiger partial charge in [-0.05, 0) is 25.7 Å². The smallest absolute Gasteiger partial charge is 0.0713 e. The van der Waals surface area contributed by atoms with E-state index >= 15 is 0 Å². The quantitative estimate of drug-likeness (QED) is 0.717. The summed E-state index contributed by atoms with van der Waals surface area (Å²) in [4.78, 5) is 0. The largest absolute Gasteiger partial charge is 0.389 e. The zero-order chi connectivity index (χ0) is 10.8. The number of ether oxygens (including phenoxy) is 1. The van der Waals surface area contributed by atoms with E-state index in [4.69, 9.17) is 10.5 Å². The number of hydrogen-bond donors (Lipinski definition) is 2. The highest BCUT2D eigenvalue weighted by molar-refractivity contribution is 4.99. The van der Waals surface area contributed by atoms with Crippen LogP contribution in [0.2, 0.25) is 0 Å². The molecule has 1 aliphatic rings. The molecular formula is C11H23NO2. The Balaban J connectivity index is 2.75. The first-order valence-corrected chi connectivity index (χ1v) is 5.44. The molecule has 1 aliphatic heterocycles. The van der Waals surface area contributed by atoms with E-state index < -0.39 is 5.60 Å². The van der Waals surface area contributed by atoms with E-state index in [1.165, 1.54) is 0 Å². The van der Waals surface area contributed by atoms with Crippen molar-refractivity contribution in [3.8, 4) is 0 Å². The van der Waals surface area contributed by atoms with E-state index in [1.807, 2.05) is 6.92 Å². The molecule has 14 heavy (non-hydrogen) atoms. The molecular weight excluding hydrogens is 178 g/mol. The van der Waals surface area contributed by atoms with E-state index in [0.717, 1.165) is 19.4 Å². The molecule has 0 aromatic rings. The first-order chi connectivity index (χ1) is 6.43. The minimum absolute atomic E-state index is 0.225. The molecule has 0 aromatic heterocycles. The monoisotopic (exact) mass is 201 g/mol.